The second-order valence-electron chi connectivity index (χ2n) is 3.92. The lowest BCUT2D eigenvalue weighted by molar-refractivity contribution is 0.135. The Labute approximate surface area is 86.8 Å². The number of phenolic OH excluding ortho intramolecular Hbond substituents is 1. The molecule has 78 valence electrons. The van der Waals surface area contributed by atoms with Gasteiger partial charge in [-0.05, 0) is 25.0 Å². The number of fused-ring (bicyclic) bond motifs is 3. The Morgan fingerprint density at radius 3 is 3.13 bits per heavy atom. The highest BCUT2D eigenvalue weighted by Crippen LogP contribution is 2.32. The zero-order valence-electron chi connectivity index (χ0n) is 8.22. The van der Waals surface area contributed by atoms with Gasteiger partial charge < -0.3 is 14.8 Å². The Morgan fingerprint density at radius 2 is 2.27 bits per heavy atom. The Balaban J connectivity index is 2.36. The normalized spacial score (nSPS) is 20.5. The predicted octanol–water partition coefficient (Wildman–Crippen LogP) is 1.57. The molecule has 4 nitrogen and oxygen atoms in total. The number of para-hydroxylation sites is 1. The third-order valence-electron chi connectivity index (χ3n) is 2.93. The number of aromatic hydroxyl groups is 1. The molecule has 1 aromatic carbocycles. The smallest absolute Gasteiger partial charge is 0.141 e. The first-order valence-corrected chi connectivity index (χ1v) is 5.13. The lowest BCUT2D eigenvalue weighted by Gasteiger charge is -2.19. The van der Waals surface area contributed by atoms with Crippen molar-refractivity contribution in [2.45, 2.75) is 25.5 Å². The molecule has 0 amide bonds. The highest BCUT2D eigenvalue weighted by Gasteiger charge is 2.23. The van der Waals surface area contributed by atoms with E-state index in [4.69, 9.17) is 0 Å². The van der Waals surface area contributed by atoms with Crippen LogP contribution in [0, 0.1) is 0 Å². The van der Waals surface area contributed by atoms with Crippen LogP contribution in [0.2, 0.25) is 0 Å². The van der Waals surface area contributed by atoms with E-state index in [-0.39, 0.29) is 5.75 Å². The molecule has 2 aromatic rings. The molecule has 0 aliphatic carbocycles. The van der Waals surface area contributed by atoms with Crippen LogP contribution in [0.4, 0.5) is 0 Å². The molecule has 0 bridgehead atoms. The third kappa shape index (κ3) is 1.15. The summed E-state index contributed by atoms with van der Waals surface area (Å²) in [5, 5.41) is 19.5. The van der Waals surface area contributed by atoms with Gasteiger partial charge in [0.2, 0.25) is 0 Å². The number of nitrogens with zero attached hydrogens (tertiary/aromatic N) is 2. The van der Waals surface area contributed by atoms with Gasteiger partial charge in [-0.1, -0.05) is 6.07 Å². The predicted molar refractivity (Wildman–Crippen MR) is 55.6 cm³/mol. The average Bonchev–Trinajstić information content (AvgIpc) is 2.59. The van der Waals surface area contributed by atoms with Gasteiger partial charge in [0.25, 0.3) is 0 Å². The molecule has 1 aliphatic rings. The van der Waals surface area contributed by atoms with E-state index in [1.165, 1.54) is 0 Å². The van der Waals surface area contributed by atoms with Gasteiger partial charge in [0.1, 0.15) is 23.2 Å². The molecule has 3 rings (SSSR count). The molecule has 0 radical (unpaired) electrons. The molecule has 2 heterocycles. The summed E-state index contributed by atoms with van der Waals surface area (Å²) in [6.45, 7) is 0.820. The fourth-order valence-corrected chi connectivity index (χ4v) is 2.24. The van der Waals surface area contributed by atoms with Crippen LogP contribution in [0.5, 0.6) is 5.75 Å². The van der Waals surface area contributed by atoms with Crippen molar-refractivity contribution in [3.05, 3.63) is 24.0 Å². The Kier molecular flexibility index (Phi) is 1.73. The monoisotopic (exact) mass is 204 g/mol. The van der Waals surface area contributed by atoms with Crippen molar-refractivity contribution in [3.63, 3.8) is 0 Å². The standard InChI is InChI=1S/C11H12N2O2/c14-8-4-1-3-7-10(8)13-6-2-5-9(15)11(13)12-7/h1,3-4,9,14-15H,2,5-6H2. The fourth-order valence-electron chi connectivity index (χ4n) is 2.24. The highest BCUT2D eigenvalue weighted by atomic mass is 16.3. The zero-order valence-corrected chi connectivity index (χ0v) is 8.22. The first kappa shape index (κ1) is 8.73. The van der Waals surface area contributed by atoms with E-state index < -0.39 is 6.10 Å². The van der Waals surface area contributed by atoms with Crippen LogP contribution in [-0.4, -0.2) is 19.8 Å². The second kappa shape index (κ2) is 2.97. The lowest BCUT2D eigenvalue weighted by atomic mass is 10.1. The quantitative estimate of drug-likeness (QED) is 0.684. The van der Waals surface area contributed by atoms with E-state index in [0.717, 1.165) is 30.4 Å². The van der Waals surface area contributed by atoms with Crippen molar-refractivity contribution < 1.29 is 10.2 Å². The van der Waals surface area contributed by atoms with Crippen LogP contribution in [0.1, 0.15) is 24.8 Å². The van der Waals surface area contributed by atoms with Crippen molar-refractivity contribution in [3.8, 4) is 5.75 Å². The topological polar surface area (TPSA) is 58.3 Å². The van der Waals surface area contributed by atoms with E-state index in [9.17, 15) is 10.2 Å². The summed E-state index contributed by atoms with van der Waals surface area (Å²) in [7, 11) is 0. The van der Waals surface area contributed by atoms with Crippen molar-refractivity contribution >= 4 is 11.0 Å². The van der Waals surface area contributed by atoms with E-state index in [2.05, 4.69) is 4.98 Å². The largest absolute Gasteiger partial charge is 0.506 e. The molecule has 15 heavy (non-hydrogen) atoms. The van der Waals surface area contributed by atoms with Gasteiger partial charge in [-0.2, -0.15) is 0 Å². The van der Waals surface area contributed by atoms with Crippen LogP contribution in [0.25, 0.3) is 11.0 Å². The molecule has 0 fully saturated rings. The van der Waals surface area contributed by atoms with Crippen LogP contribution in [-0.2, 0) is 6.54 Å². The third-order valence-corrected chi connectivity index (χ3v) is 2.93. The maximum absolute atomic E-state index is 9.79. The van der Waals surface area contributed by atoms with Crippen LogP contribution < -0.4 is 0 Å². The number of benzene rings is 1. The SMILES string of the molecule is Oc1cccc2nc3n(c12)CCCC3O. The number of aryl methyl sites for hydroxylation is 1. The maximum atomic E-state index is 9.79. The van der Waals surface area contributed by atoms with Crippen LogP contribution in [0.15, 0.2) is 18.2 Å². The van der Waals surface area contributed by atoms with Crippen molar-refractivity contribution in [2.75, 3.05) is 0 Å². The van der Waals surface area contributed by atoms with Gasteiger partial charge in [0, 0.05) is 6.54 Å². The summed E-state index contributed by atoms with van der Waals surface area (Å²) in [5.41, 5.74) is 1.50. The first-order chi connectivity index (χ1) is 7.27. The summed E-state index contributed by atoms with van der Waals surface area (Å²) >= 11 is 0. The number of hydrogen-bond acceptors (Lipinski definition) is 3. The van der Waals surface area contributed by atoms with E-state index in [1.54, 1.807) is 12.1 Å². The maximum Gasteiger partial charge on any atom is 0.141 e. The summed E-state index contributed by atoms with van der Waals surface area (Å²) in [4.78, 5) is 4.35. The summed E-state index contributed by atoms with van der Waals surface area (Å²) < 4.78 is 1.92. The average molecular weight is 204 g/mol. The van der Waals surface area contributed by atoms with E-state index >= 15 is 0 Å². The number of aliphatic hydroxyl groups is 1. The minimum atomic E-state index is -0.495. The highest BCUT2D eigenvalue weighted by molar-refractivity contribution is 5.82. The Hall–Kier alpha value is -1.55. The van der Waals surface area contributed by atoms with Gasteiger partial charge in [0.05, 0.1) is 5.52 Å². The second-order valence-corrected chi connectivity index (χ2v) is 3.92. The van der Waals surface area contributed by atoms with Crippen molar-refractivity contribution in [1.82, 2.24) is 9.55 Å². The molecule has 1 aromatic heterocycles. The molecule has 0 saturated carbocycles. The molecular weight excluding hydrogens is 192 g/mol. The molecule has 0 spiro atoms. The van der Waals surface area contributed by atoms with Crippen LogP contribution >= 0.6 is 0 Å². The number of aliphatic hydroxyl groups excluding tert-OH is 1. The summed E-state index contributed by atoms with van der Waals surface area (Å²) in [6.07, 6.45) is 1.18. The van der Waals surface area contributed by atoms with Crippen LogP contribution in [0.3, 0.4) is 0 Å². The molecule has 0 saturated heterocycles. The Bertz CT molecular complexity index is 519. The summed E-state index contributed by atoms with van der Waals surface area (Å²) in [6, 6.07) is 5.27. The Morgan fingerprint density at radius 1 is 1.40 bits per heavy atom. The fraction of sp³-hybridized carbons (Fsp3) is 0.364. The zero-order chi connectivity index (χ0) is 10.4. The van der Waals surface area contributed by atoms with Crippen molar-refractivity contribution in [2.24, 2.45) is 0 Å². The summed E-state index contributed by atoms with van der Waals surface area (Å²) in [5.74, 6) is 0.915. The molecule has 1 unspecified atom stereocenters. The molecular formula is C11H12N2O2. The van der Waals surface area contributed by atoms with Crippen molar-refractivity contribution in [1.29, 1.82) is 0 Å². The molecule has 2 N–H and O–H groups in total. The van der Waals surface area contributed by atoms with Gasteiger partial charge in [-0.15, -0.1) is 0 Å². The molecule has 4 heteroatoms. The minimum Gasteiger partial charge on any atom is -0.506 e. The van der Waals surface area contributed by atoms with Gasteiger partial charge >= 0.3 is 0 Å². The number of aromatic nitrogens is 2. The number of phenols is 1. The first-order valence-electron chi connectivity index (χ1n) is 5.13. The van der Waals surface area contributed by atoms with Gasteiger partial charge in [-0.25, -0.2) is 4.98 Å². The van der Waals surface area contributed by atoms with E-state index in [1.807, 2.05) is 10.6 Å². The number of imidazole rings is 1. The van der Waals surface area contributed by atoms with E-state index in [0.29, 0.717) is 5.82 Å². The minimum absolute atomic E-state index is 0.236. The number of hydrogen-bond donors (Lipinski definition) is 2. The van der Waals surface area contributed by atoms with Gasteiger partial charge in [0.15, 0.2) is 0 Å². The van der Waals surface area contributed by atoms with Gasteiger partial charge in [-0.3, -0.25) is 0 Å². The lowest BCUT2D eigenvalue weighted by Crippen LogP contribution is -2.15. The molecule has 1 atom stereocenters. The molecule has 1 aliphatic heterocycles. The number of rotatable bonds is 0.